The van der Waals surface area contributed by atoms with Crippen LogP contribution in [0.5, 0.6) is 0 Å². The molecule has 0 N–H and O–H groups in total. The van der Waals surface area contributed by atoms with Crippen LogP contribution in [0.3, 0.4) is 0 Å². The Morgan fingerprint density at radius 1 is 0.636 bits per heavy atom. The summed E-state index contributed by atoms with van der Waals surface area (Å²) in [7, 11) is 9.81. The molecule has 4 aromatic rings. The molecule has 0 aliphatic rings. The van der Waals surface area contributed by atoms with Gasteiger partial charge in [0.1, 0.15) is 0 Å². The molecule has 0 fully saturated rings. The molecule has 0 aliphatic heterocycles. The van der Waals surface area contributed by atoms with E-state index in [0.29, 0.717) is 0 Å². The second kappa shape index (κ2) is 12.4. The third-order valence-corrected chi connectivity index (χ3v) is 5.54. The molecule has 4 rings (SSSR count). The Kier molecular flexibility index (Phi) is 10.2. The predicted molar refractivity (Wildman–Crippen MR) is 132 cm³/mol. The fraction of sp³-hybridized carbons (Fsp3) is 0.333. The second-order valence-corrected chi connectivity index (χ2v) is 11.5. The Labute approximate surface area is 212 Å². The van der Waals surface area contributed by atoms with Crippen molar-refractivity contribution in [2.24, 2.45) is 0 Å². The van der Waals surface area contributed by atoms with Crippen LogP contribution in [0.1, 0.15) is 45.0 Å². The number of hydrogen-bond acceptors (Lipinski definition) is 4. The molecule has 33 heavy (non-hydrogen) atoms. The van der Waals surface area contributed by atoms with Crippen molar-refractivity contribution in [2.75, 3.05) is 0 Å². The zero-order valence-corrected chi connectivity index (χ0v) is 24.3. The number of nitrogens with zero attached hydrogens (tertiary/aromatic N) is 6. The van der Waals surface area contributed by atoms with Gasteiger partial charge in [0.15, 0.2) is 11.6 Å². The number of rotatable bonds is 2. The number of pyridine rings is 2. The maximum absolute atomic E-state index is 4.90. The first kappa shape index (κ1) is 27.2. The summed E-state index contributed by atoms with van der Waals surface area (Å²) < 4.78 is 3.80. The Morgan fingerprint density at radius 3 is 1.21 bits per heavy atom. The van der Waals surface area contributed by atoms with Crippen molar-refractivity contribution in [1.82, 2.24) is 29.5 Å². The van der Waals surface area contributed by atoms with Crippen LogP contribution in [0, 0.1) is 55.4 Å². The van der Waals surface area contributed by atoms with Gasteiger partial charge in [0.2, 0.25) is 0 Å². The van der Waals surface area contributed by atoms with Gasteiger partial charge < -0.3 is 0 Å². The Balaban J connectivity index is 0.000000209. The van der Waals surface area contributed by atoms with Crippen molar-refractivity contribution >= 4 is 19.3 Å². The number of aryl methyl sites for hydroxylation is 4. The Bertz CT molecular complexity index is 1120. The van der Waals surface area contributed by atoms with Crippen molar-refractivity contribution in [3.05, 3.63) is 81.7 Å². The Morgan fingerprint density at radius 2 is 0.970 bits per heavy atom. The van der Waals surface area contributed by atoms with Crippen LogP contribution in [0.15, 0.2) is 36.7 Å². The topological polar surface area (TPSA) is 61.4 Å². The molecular formula is C24H30Cl2N6Os. The van der Waals surface area contributed by atoms with Gasteiger partial charge in [-0.05, 0) is 102 Å². The molecule has 0 aromatic carbocycles. The van der Waals surface area contributed by atoms with Crippen LogP contribution in [-0.2, 0) is 15.4 Å². The van der Waals surface area contributed by atoms with Gasteiger partial charge in [0.25, 0.3) is 0 Å². The summed E-state index contributed by atoms with van der Waals surface area (Å²) in [5, 5.41) is 8.95. The second-order valence-electron chi connectivity index (χ2n) is 7.85. The summed E-state index contributed by atoms with van der Waals surface area (Å²) >= 11 is -0.639. The van der Waals surface area contributed by atoms with E-state index in [1.54, 1.807) is 0 Å². The minimum absolute atomic E-state index is 0.639. The van der Waals surface area contributed by atoms with E-state index < -0.39 is 15.4 Å². The van der Waals surface area contributed by atoms with E-state index in [0.717, 1.165) is 34.4 Å². The van der Waals surface area contributed by atoms with Gasteiger partial charge in [0.05, 0.1) is 11.4 Å². The van der Waals surface area contributed by atoms with Gasteiger partial charge in [0, 0.05) is 23.8 Å². The molecule has 0 bridgehead atoms. The van der Waals surface area contributed by atoms with E-state index in [2.05, 4.69) is 61.7 Å². The maximum atomic E-state index is 4.90. The Hall–Kier alpha value is -2.06. The van der Waals surface area contributed by atoms with E-state index in [1.807, 2.05) is 59.9 Å². The average Bonchev–Trinajstić information content (AvgIpc) is 3.19. The molecule has 0 spiro atoms. The van der Waals surface area contributed by atoms with Gasteiger partial charge in [-0.2, -0.15) is 10.2 Å². The summed E-state index contributed by atoms with van der Waals surface area (Å²) in [4.78, 5) is 8.65. The zero-order valence-electron chi connectivity index (χ0n) is 20.3. The monoisotopic (exact) mass is 664 g/mol. The number of aromatic nitrogens is 6. The van der Waals surface area contributed by atoms with Crippen molar-refractivity contribution in [3.63, 3.8) is 0 Å². The molecule has 4 heterocycles. The molecule has 0 atom stereocenters. The minimum atomic E-state index is -0.639. The predicted octanol–water partition coefficient (Wildman–Crippen LogP) is 6.38. The van der Waals surface area contributed by atoms with Crippen LogP contribution < -0.4 is 0 Å². The van der Waals surface area contributed by atoms with E-state index in [4.69, 9.17) is 19.3 Å². The first-order valence-corrected chi connectivity index (χ1v) is 16.7. The molecule has 9 heteroatoms. The van der Waals surface area contributed by atoms with Gasteiger partial charge >= 0.3 is 34.7 Å². The van der Waals surface area contributed by atoms with Crippen LogP contribution in [-0.4, -0.2) is 29.5 Å². The van der Waals surface area contributed by atoms with Crippen molar-refractivity contribution in [1.29, 1.82) is 0 Å². The van der Waals surface area contributed by atoms with E-state index >= 15 is 0 Å². The molecule has 4 aromatic heterocycles. The van der Waals surface area contributed by atoms with Gasteiger partial charge in [-0.3, -0.25) is 0 Å². The van der Waals surface area contributed by atoms with Crippen LogP contribution >= 0.6 is 19.3 Å². The SMILES string of the molecule is Cc1ccnc(-n2nc(C)c(C)c2C)c1.Cc1ccnc(-n2nc(C)c(C)c2C)c1.[Cl][Os][Cl]. The fourth-order valence-corrected chi connectivity index (χ4v) is 3.16. The van der Waals surface area contributed by atoms with Crippen LogP contribution in [0.4, 0.5) is 0 Å². The fourth-order valence-electron chi connectivity index (χ4n) is 3.16. The summed E-state index contributed by atoms with van der Waals surface area (Å²) in [6, 6.07) is 8.06. The molecule has 6 nitrogen and oxygen atoms in total. The standard InChI is InChI=1S/2C12H15N3.2ClH.Os/c2*1-8-5-6-13-12(7-8)15-11(4)9(2)10(3)14-15;;;/h2*5-7H,1-4H3;2*1H;/q;;;;+2/p-2. The van der Waals surface area contributed by atoms with Crippen molar-refractivity contribution in [3.8, 4) is 11.6 Å². The number of hydrogen-bond donors (Lipinski definition) is 0. The van der Waals surface area contributed by atoms with Crippen LogP contribution in [0.2, 0.25) is 0 Å². The van der Waals surface area contributed by atoms with Gasteiger partial charge in [-0.25, -0.2) is 19.3 Å². The summed E-state index contributed by atoms with van der Waals surface area (Å²) in [5.74, 6) is 1.78. The molecule has 0 radical (unpaired) electrons. The molecule has 178 valence electrons. The van der Waals surface area contributed by atoms with E-state index in [-0.39, 0.29) is 0 Å². The summed E-state index contributed by atoms with van der Waals surface area (Å²) in [5.41, 5.74) is 9.31. The average molecular weight is 664 g/mol. The molecule has 0 saturated heterocycles. The zero-order chi connectivity index (χ0) is 24.7. The normalized spacial score (nSPS) is 10.4. The molecule has 0 unspecified atom stereocenters. The van der Waals surface area contributed by atoms with Crippen molar-refractivity contribution < 1.29 is 15.4 Å². The van der Waals surface area contributed by atoms with Crippen LogP contribution in [0.25, 0.3) is 11.6 Å². The molecule has 0 amide bonds. The quantitative estimate of drug-likeness (QED) is 0.250. The first-order valence-electron chi connectivity index (χ1n) is 10.4. The third kappa shape index (κ3) is 6.96. The summed E-state index contributed by atoms with van der Waals surface area (Å²) in [6.45, 7) is 16.5. The van der Waals surface area contributed by atoms with Crippen molar-refractivity contribution in [2.45, 2.75) is 55.4 Å². The first-order chi connectivity index (χ1) is 15.6. The van der Waals surface area contributed by atoms with E-state index in [1.165, 1.54) is 22.3 Å². The summed E-state index contributed by atoms with van der Waals surface area (Å²) in [6.07, 6.45) is 3.63. The molecular weight excluding hydrogens is 633 g/mol. The van der Waals surface area contributed by atoms with Gasteiger partial charge in [-0.15, -0.1) is 0 Å². The molecule has 0 aliphatic carbocycles. The van der Waals surface area contributed by atoms with Gasteiger partial charge in [-0.1, -0.05) is 0 Å². The van der Waals surface area contributed by atoms with E-state index in [9.17, 15) is 0 Å². The third-order valence-electron chi connectivity index (χ3n) is 5.54. The number of halogens is 2. The molecule has 0 saturated carbocycles.